The number of hydrazone groups is 1. The SMILES string of the molecule is CCOC(=O)C1=NN(c2ccccc2O)C(=O)C1. The van der Waals surface area contributed by atoms with Gasteiger partial charge < -0.3 is 9.84 Å². The Kier molecular flexibility index (Phi) is 3.27. The fourth-order valence-corrected chi connectivity index (χ4v) is 1.59. The molecule has 6 heteroatoms. The van der Waals surface area contributed by atoms with Crippen LogP contribution in [0.2, 0.25) is 0 Å². The van der Waals surface area contributed by atoms with Crippen LogP contribution < -0.4 is 5.01 Å². The number of esters is 1. The third-order valence-electron chi connectivity index (χ3n) is 2.40. The van der Waals surface area contributed by atoms with E-state index in [1.165, 1.54) is 6.07 Å². The minimum absolute atomic E-state index is 0.0464. The lowest BCUT2D eigenvalue weighted by atomic mass is 10.2. The molecule has 0 unspecified atom stereocenters. The van der Waals surface area contributed by atoms with Crippen molar-refractivity contribution in [2.45, 2.75) is 13.3 Å². The molecule has 1 aliphatic heterocycles. The third-order valence-corrected chi connectivity index (χ3v) is 2.40. The van der Waals surface area contributed by atoms with Crippen molar-refractivity contribution < 1.29 is 19.4 Å². The van der Waals surface area contributed by atoms with Crippen molar-refractivity contribution >= 4 is 23.3 Å². The molecule has 2 rings (SSSR count). The molecule has 0 aromatic heterocycles. The summed E-state index contributed by atoms with van der Waals surface area (Å²) in [6, 6.07) is 6.29. The minimum Gasteiger partial charge on any atom is -0.506 e. The Labute approximate surface area is 103 Å². The zero-order chi connectivity index (χ0) is 13.1. The van der Waals surface area contributed by atoms with Crippen LogP contribution in [-0.4, -0.2) is 29.3 Å². The fourth-order valence-electron chi connectivity index (χ4n) is 1.59. The molecule has 1 aromatic rings. The predicted octanol–water partition coefficient (Wildman–Crippen LogP) is 1.05. The highest BCUT2D eigenvalue weighted by Gasteiger charge is 2.31. The van der Waals surface area contributed by atoms with Gasteiger partial charge in [-0.25, -0.2) is 4.79 Å². The van der Waals surface area contributed by atoms with Gasteiger partial charge in [-0.1, -0.05) is 12.1 Å². The molecule has 1 aromatic carbocycles. The van der Waals surface area contributed by atoms with Crippen LogP contribution in [0, 0.1) is 0 Å². The first-order chi connectivity index (χ1) is 8.63. The van der Waals surface area contributed by atoms with Crippen LogP contribution >= 0.6 is 0 Å². The first-order valence-corrected chi connectivity index (χ1v) is 5.49. The summed E-state index contributed by atoms with van der Waals surface area (Å²) in [6.45, 7) is 1.90. The van der Waals surface area contributed by atoms with Gasteiger partial charge in [0, 0.05) is 0 Å². The molecule has 1 N–H and O–H groups in total. The zero-order valence-electron chi connectivity index (χ0n) is 9.79. The minimum atomic E-state index is -0.608. The molecule has 0 radical (unpaired) electrons. The number of phenols is 1. The highest BCUT2D eigenvalue weighted by atomic mass is 16.5. The number of rotatable bonds is 3. The van der Waals surface area contributed by atoms with Gasteiger partial charge >= 0.3 is 5.97 Å². The molecule has 0 spiro atoms. The largest absolute Gasteiger partial charge is 0.506 e. The maximum absolute atomic E-state index is 11.7. The van der Waals surface area contributed by atoms with E-state index in [9.17, 15) is 14.7 Å². The van der Waals surface area contributed by atoms with E-state index in [4.69, 9.17) is 4.74 Å². The monoisotopic (exact) mass is 248 g/mol. The van der Waals surface area contributed by atoms with Gasteiger partial charge in [-0.2, -0.15) is 10.1 Å². The zero-order valence-corrected chi connectivity index (χ0v) is 9.79. The number of carbonyl (C=O) groups is 2. The van der Waals surface area contributed by atoms with Gasteiger partial charge in [-0.15, -0.1) is 0 Å². The first kappa shape index (κ1) is 12.1. The Morgan fingerprint density at radius 1 is 1.50 bits per heavy atom. The highest BCUT2D eigenvalue weighted by molar-refractivity contribution is 6.42. The second kappa shape index (κ2) is 4.87. The van der Waals surface area contributed by atoms with Crippen LogP contribution in [0.4, 0.5) is 5.69 Å². The molecule has 1 amide bonds. The van der Waals surface area contributed by atoms with Crippen LogP contribution in [0.15, 0.2) is 29.4 Å². The van der Waals surface area contributed by atoms with E-state index in [1.54, 1.807) is 25.1 Å². The summed E-state index contributed by atoms with van der Waals surface area (Å²) in [5.74, 6) is -1.05. The summed E-state index contributed by atoms with van der Waals surface area (Å²) in [6.07, 6.45) is -0.118. The Morgan fingerprint density at radius 3 is 2.89 bits per heavy atom. The Hall–Kier alpha value is -2.37. The van der Waals surface area contributed by atoms with E-state index < -0.39 is 5.97 Å². The molecular formula is C12H12N2O4. The molecule has 1 aliphatic rings. The first-order valence-electron chi connectivity index (χ1n) is 5.49. The number of carbonyl (C=O) groups excluding carboxylic acids is 2. The van der Waals surface area contributed by atoms with Crippen molar-refractivity contribution in [1.82, 2.24) is 0 Å². The van der Waals surface area contributed by atoms with Crippen LogP contribution in [-0.2, 0) is 14.3 Å². The van der Waals surface area contributed by atoms with Crippen LogP contribution in [0.5, 0.6) is 5.75 Å². The number of anilines is 1. The molecule has 0 fully saturated rings. The number of ether oxygens (including phenoxy) is 1. The van der Waals surface area contributed by atoms with Crippen molar-refractivity contribution in [2.24, 2.45) is 5.10 Å². The van der Waals surface area contributed by atoms with E-state index in [0.717, 1.165) is 5.01 Å². The summed E-state index contributed by atoms with van der Waals surface area (Å²) in [5.41, 5.74) is 0.298. The number of benzene rings is 1. The van der Waals surface area contributed by atoms with E-state index in [2.05, 4.69) is 5.10 Å². The number of aromatic hydroxyl groups is 1. The molecule has 6 nitrogen and oxygen atoms in total. The van der Waals surface area contributed by atoms with Gasteiger partial charge in [0.15, 0.2) is 5.71 Å². The highest BCUT2D eigenvalue weighted by Crippen LogP contribution is 2.29. The predicted molar refractivity (Wildman–Crippen MR) is 64.3 cm³/mol. The van der Waals surface area contributed by atoms with Crippen LogP contribution in [0.25, 0.3) is 0 Å². The van der Waals surface area contributed by atoms with Gasteiger partial charge in [0.25, 0.3) is 5.91 Å². The lowest BCUT2D eigenvalue weighted by Gasteiger charge is -2.12. The summed E-state index contributed by atoms with van der Waals surface area (Å²) in [5, 5.41) is 14.5. The van der Waals surface area contributed by atoms with Gasteiger partial charge in [0.05, 0.1) is 13.0 Å². The second-order valence-electron chi connectivity index (χ2n) is 3.64. The second-order valence-corrected chi connectivity index (χ2v) is 3.64. The average molecular weight is 248 g/mol. The van der Waals surface area contributed by atoms with Crippen LogP contribution in [0.3, 0.4) is 0 Å². The third kappa shape index (κ3) is 2.17. The summed E-state index contributed by atoms with van der Waals surface area (Å²) >= 11 is 0. The number of para-hydroxylation sites is 2. The van der Waals surface area contributed by atoms with Gasteiger partial charge in [0.1, 0.15) is 11.4 Å². The van der Waals surface area contributed by atoms with E-state index in [0.29, 0.717) is 0 Å². The van der Waals surface area contributed by atoms with Crippen LogP contribution in [0.1, 0.15) is 13.3 Å². The molecule has 0 atom stereocenters. The normalized spacial score (nSPS) is 14.6. The van der Waals surface area contributed by atoms with E-state index in [1.807, 2.05) is 0 Å². The van der Waals surface area contributed by atoms with Gasteiger partial charge in [0.2, 0.25) is 0 Å². The molecule has 1 heterocycles. The molecular weight excluding hydrogens is 236 g/mol. The molecule has 0 saturated heterocycles. The number of amides is 1. The summed E-state index contributed by atoms with van der Waals surface area (Å²) in [7, 11) is 0. The molecule has 18 heavy (non-hydrogen) atoms. The lowest BCUT2D eigenvalue weighted by molar-refractivity contribution is -0.135. The average Bonchev–Trinajstić information content (AvgIpc) is 2.72. The molecule has 94 valence electrons. The number of hydrogen-bond donors (Lipinski definition) is 1. The van der Waals surface area contributed by atoms with Crippen molar-refractivity contribution in [1.29, 1.82) is 0 Å². The fraction of sp³-hybridized carbons (Fsp3) is 0.250. The number of phenolic OH excluding ortho intramolecular Hbond substituents is 1. The van der Waals surface area contributed by atoms with E-state index in [-0.39, 0.29) is 36.1 Å². The topological polar surface area (TPSA) is 79.2 Å². The smallest absolute Gasteiger partial charge is 0.355 e. The molecule has 0 saturated carbocycles. The van der Waals surface area contributed by atoms with Crippen molar-refractivity contribution in [3.63, 3.8) is 0 Å². The van der Waals surface area contributed by atoms with Gasteiger partial charge in [-0.3, -0.25) is 4.79 Å². The maximum Gasteiger partial charge on any atom is 0.355 e. The number of hydrogen-bond acceptors (Lipinski definition) is 5. The molecule has 0 bridgehead atoms. The van der Waals surface area contributed by atoms with E-state index >= 15 is 0 Å². The van der Waals surface area contributed by atoms with Crippen molar-refractivity contribution in [2.75, 3.05) is 11.6 Å². The molecule has 0 aliphatic carbocycles. The van der Waals surface area contributed by atoms with Crippen molar-refractivity contribution in [3.8, 4) is 5.75 Å². The number of nitrogens with zero attached hydrogens (tertiary/aromatic N) is 2. The summed E-state index contributed by atoms with van der Waals surface area (Å²) in [4.78, 5) is 23.2. The standard InChI is InChI=1S/C12H12N2O4/c1-2-18-12(17)8-7-11(16)14(13-8)9-5-3-4-6-10(9)15/h3-6,15H,2,7H2,1H3. The maximum atomic E-state index is 11.7. The van der Waals surface area contributed by atoms with Gasteiger partial charge in [-0.05, 0) is 19.1 Å². The summed E-state index contributed by atoms with van der Waals surface area (Å²) < 4.78 is 4.78. The Balaban J connectivity index is 2.27. The van der Waals surface area contributed by atoms with Crippen molar-refractivity contribution in [3.05, 3.63) is 24.3 Å². The quantitative estimate of drug-likeness (QED) is 0.811. The lowest BCUT2D eigenvalue weighted by Crippen LogP contribution is -2.19. The Morgan fingerprint density at radius 2 is 2.22 bits per heavy atom. The Bertz CT molecular complexity index is 525.